The second-order valence-electron chi connectivity index (χ2n) is 9.20. The number of unbranched alkanes of at least 4 members (excludes halogenated alkanes) is 1. The van der Waals surface area contributed by atoms with Gasteiger partial charge in [0.05, 0.1) is 12.3 Å². The van der Waals surface area contributed by atoms with Gasteiger partial charge in [-0.05, 0) is 42.4 Å². The molecule has 0 aliphatic carbocycles. The molecule has 0 saturated heterocycles. The van der Waals surface area contributed by atoms with Gasteiger partial charge in [-0.3, -0.25) is 9.69 Å². The minimum absolute atomic E-state index is 0.0305. The van der Waals surface area contributed by atoms with E-state index >= 15 is 0 Å². The Kier molecular flexibility index (Phi) is 9.22. The number of aromatic nitrogens is 6. The first-order chi connectivity index (χ1) is 18.4. The number of halogens is 1. The summed E-state index contributed by atoms with van der Waals surface area (Å²) in [5.74, 6) is 0.872. The quantitative estimate of drug-likeness (QED) is 0.262. The van der Waals surface area contributed by atoms with Crippen LogP contribution in [0.15, 0.2) is 48.5 Å². The maximum atomic E-state index is 12.5. The normalized spacial score (nSPS) is 12.2. The van der Waals surface area contributed by atoms with E-state index in [4.69, 9.17) is 16.3 Å². The molecule has 200 valence electrons. The van der Waals surface area contributed by atoms with Crippen LogP contribution in [0, 0.1) is 0 Å². The number of hydrogen-bond donors (Lipinski definition) is 2. The number of aliphatic hydroxyl groups is 1. The lowest BCUT2D eigenvalue weighted by atomic mass is 9.98. The number of nitrogens with zero attached hydrogens (tertiary/aromatic N) is 6. The summed E-state index contributed by atoms with van der Waals surface area (Å²) in [6.45, 7) is 2.29. The molecule has 0 aliphatic rings. The van der Waals surface area contributed by atoms with Crippen molar-refractivity contribution in [3.63, 3.8) is 0 Å². The molecule has 2 aromatic carbocycles. The number of aromatic amines is 1. The Morgan fingerprint density at radius 2 is 1.89 bits per heavy atom. The molecule has 10 nitrogen and oxygen atoms in total. The number of nitrogens with one attached hydrogen (secondary N) is 1. The number of esters is 1. The van der Waals surface area contributed by atoms with Crippen molar-refractivity contribution in [2.45, 2.75) is 45.4 Å². The monoisotopic (exact) mass is 537 g/mol. The largest absolute Gasteiger partial charge is 0.458 e. The maximum Gasteiger partial charge on any atom is 0.326 e. The smallest absolute Gasteiger partial charge is 0.326 e. The number of aliphatic hydroxyl groups excluding tert-OH is 1. The Morgan fingerprint density at radius 1 is 1.16 bits per heavy atom. The molecule has 2 heterocycles. The van der Waals surface area contributed by atoms with Crippen LogP contribution in [-0.2, 0) is 29.1 Å². The van der Waals surface area contributed by atoms with Gasteiger partial charge in [0.1, 0.15) is 18.5 Å². The van der Waals surface area contributed by atoms with E-state index in [1.807, 2.05) is 28.8 Å². The predicted molar refractivity (Wildman–Crippen MR) is 144 cm³/mol. The van der Waals surface area contributed by atoms with E-state index < -0.39 is 12.0 Å². The first kappa shape index (κ1) is 27.4. The van der Waals surface area contributed by atoms with E-state index in [0.29, 0.717) is 23.2 Å². The van der Waals surface area contributed by atoms with Gasteiger partial charge in [0.25, 0.3) is 0 Å². The van der Waals surface area contributed by atoms with E-state index in [-0.39, 0.29) is 13.2 Å². The fourth-order valence-electron chi connectivity index (χ4n) is 4.22. The van der Waals surface area contributed by atoms with Crippen LogP contribution in [0.5, 0.6) is 0 Å². The average Bonchev–Trinajstić information content (AvgIpc) is 3.55. The number of benzene rings is 2. The van der Waals surface area contributed by atoms with Crippen molar-refractivity contribution in [1.29, 1.82) is 0 Å². The lowest BCUT2D eigenvalue weighted by Gasteiger charge is -2.20. The van der Waals surface area contributed by atoms with Crippen molar-refractivity contribution in [1.82, 2.24) is 35.1 Å². The average molecular weight is 538 g/mol. The summed E-state index contributed by atoms with van der Waals surface area (Å²) >= 11 is 6.52. The van der Waals surface area contributed by atoms with Crippen LogP contribution in [0.2, 0.25) is 5.15 Å². The molecule has 4 rings (SSSR count). The lowest BCUT2D eigenvalue weighted by Crippen LogP contribution is -2.40. The van der Waals surface area contributed by atoms with Crippen LogP contribution >= 0.6 is 11.6 Å². The molecule has 1 unspecified atom stereocenters. The Morgan fingerprint density at radius 3 is 2.53 bits per heavy atom. The number of hydrogen-bond acceptors (Lipinski definition) is 8. The molecule has 0 saturated carbocycles. The molecule has 0 fully saturated rings. The van der Waals surface area contributed by atoms with E-state index in [2.05, 4.69) is 56.8 Å². The van der Waals surface area contributed by atoms with Crippen molar-refractivity contribution in [2.24, 2.45) is 0 Å². The number of H-pyrrole nitrogens is 1. The fraction of sp³-hybridized carbons (Fsp3) is 0.370. The molecule has 11 heteroatoms. The van der Waals surface area contributed by atoms with E-state index in [1.54, 1.807) is 19.0 Å². The first-order valence-electron chi connectivity index (χ1n) is 12.5. The summed E-state index contributed by atoms with van der Waals surface area (Å²) in [6.07, 6.45) is 2.74. The minimum Gasteiger partial charge on any atom is -0.458 e. The number of tetrazole rings is 1. The Bertz CT molecular complexity index is 1340. The summed E-state index contributed by atoms with van der Waals surface area (Å²) in [4.78, 5) is 18.7. The maximum absolute atomic E-state index is 12.5. The zero-order valence-electron chi connectivity index (χ0n) is 21.8. The van der Waals surface area contributed by atoms with Crippen molar-refractivity contribution >= 4 is 17.6 Å². The first-order valence-corrected chi connectivity index (χ1v) is 12.9. The van der Waals surface area contributed by atoms with E-state index in [1.165, 1.54) is 0 Å². The topological polar surface area (TPSA) is 122 Å². The lowest BCUT2D eigenvalue weighted by molar-refractivity contribution is -0.152. The third kappa shape index (κ3) is 6.27. The number of likely N-dealkylation sites (N-methyl/N-ethyl adjacent to an activating group) is 1. The number of ether oxygens (including phenoxy) is 1. The summed E-state index contributed by atoms with van der Waals surface area (Å²) in [5.41, 5.74) is 4.60. The minimum atomic E-state index is -0.743. The van der Waals surface area contributed by atoms with Gasteiger partial charge >= 0.3 is 5.97 Å². The predicted octanol–water partition coefficient (Wildman–Crippen LogP) is 3.74. The molecular weight excluding hydrogens is 506 g/mol. The van der Waals surface area contributed by atoms with Crippen LogP contribution in [0.4, 0.5) is 0 Å². The van der Waals surface area contributed by atoms with E-state index in [0.717, 1.165) is 47.3 Å². The SMILES string of the molecule is CCCCc1nc(Cl)c(COC(=O)C(CO)N(C)C)n1Cc1ccc(-c2ccccc2-c2nn[nH]n2)cc1. The number of carbonyl (C=O) groups excluding carboxylic acids is 1. The van der Waals surface area contributed by atoms with Gasteiger partial charge < -0.3 is 14.4 Å². The summed E-state index contributed by atoms with van der Waals surface area (Å²) in [6, 6.07) is 15.4. The van der Waals surface area contributed by atoms with Crippen LogP contribution in [-0.4, -0.2) is 72.9 Å². The fourth-order valence-corrected chi connectivity index (χ4v) is 4.47. The van der Waals surface area contributed by atoms with Crippen molar-refractivity contribution in [3.8, 4) is 22.5 Å². The summed E-state index contributed by atoms with van der Waals surface area (Å²) < 4.78 is 7.56. The Hall–Kier alpha value is -3.60. The Labute approximate surface area is 226 Å². The highest BCUT2D eigenvalue weighted by Crippen LogP contribution is 2.30. The molecule has 2 N–H and O–H groups in total. The second kappa shape index (κ2) is 12.8. The van der Waals surface area contributed by atoms with Gasteiger partial charge in [0.15, 0.2) is 5.15 Å². The van der Waals surface area contributed by atoms with Gasteiger partial charge in [0.2, 0.25) is 5.82 Å². The third-order valence-electron chi connectivity index (χ3n) is 6.40. The number of imidazole rings is 1. The number of aryl methyl sites for hydroxylation is 1. The summed E-state index contributed by atoms with van der Waals surface area (Å²) in [5, 5.41) is 24.3. The highest BCUT2D eigenvalue weighted by Gasteiger charge is 2.24. The van der Waals surface area contributed by atoms with Crippen molar-refractivity contribution < 1.29 is 14.6 Å². The zero-order valence-corrected chi connectivity index (χ0v) is 22.5. The molecule has 4 aromatic rings. The molecule has 0 radical (unpaired) electrons. The number of carbonyl (C=O) groups is 1. The molecule has 0 aliphatic heterocycles. The molecule has 1 atom stereocenters. The standard InChI is InChI=1S/C27H32ClN7O3/c1-4-5-10-24-29-25(28)23(17-38-27(37)22(16-36)34(2)3)35(24)15-18-11-13-19(14-12-18)20-8-6-7-9-21(20)26-30-32-33-31-26/h6-9,11-14,22,36H,4-5,10,15-17H2,1-3H3,(H,30,31,32,33). The van der Waals surface area contributed by atoms with Gasteiger partial charge in [-0.25, -0.2) is 4.98 Å². The van der Waals surface area contributed by atoms with Crippen LogP contribution in [0.3, 0.4) is 0 Å². The van der Waals surface area contributed by atoms with E-state index in [9.17, 15) is 9.90 Å². The molecule has 2 aromatic heterocycles. The molecular formula is C27H32ClN7O3. The van der Waals surface area contributed by atoms with Crippen molar-refractivity contribution in [3.05, 3.63) is 70.8 Å². The molecule has 0 amide bonds. The third-order valence-corrected chi connectivity index (χ3v) is 6.70. The highest BCUT2D eigenvalue weighted by atomic mass is 35.5. The number of rotatable bonds is 12. The van der Waals surface area contributed by atoms with Crippen LogP contribution < -0.4 is 0 Å². The van der Waals surface area contributed by atoms with Gasteiger partial charge in [0, 0.05) is 18.5 Å². The van der Waals surface area contributed by atoms with Crippen LogP contribution in [0.25, 0.3) is 22.5 Å². The zero-order chi connectivity index (χ0) is 27.1. The second-order valence-corrected chi connectivity index (χ2v) is 9.56. The van der Waals surface area contributed by atoms with Gasteiger partial charge in [-0.15, -0.1) is 10.2 Å². The molecule has 38 heavy (non-hydrogen) atoms. The highest BCUT2D eigenvalue weighted by molar-refractivity contribution is 6.30. The molecule has 0 spiro atoms. The van der Waals surface area contributed by atoms with Gasteiger partial charge in [-0.1, -0.05) is 73.5 Å². The van der Waals surface area contributed by atoms with Gasteiger partial charge in [-0.2, -0.15) is 5.21 Å². The summed E-state index contributed by atoms with van der Waals surface area (Å²) in [7, 11) is 3.43. The Balaban J connectivity index is 1.58. The van der Waals surface area contributed by atoms with Crippen LogP contribution in [0.1, 0.15) is 36.8 Å². The van der Waals surface area contributed by atoms with Crippen molar-refractivity contribution in [2.75, 3.05) is 20.7 Å². The molecule has 0 bridgehead atoms.